The maximum absolute atomic E-state index is 12.6. The number of para-hydroxylation sites is 1. The van der Waals surface area contributed by atoms with Crippen LogP contribution in [0, 0.1) is 0 Å². The first kappa shape index (κ1) is 22.9. The molecule has 0 aliphatic rings. The van der Waals surface area contributed by atoms with E-state index in [1.165, 1.54) is 11.8 Å². The fourth-order valence-corrected chi connectivity index (χ4v) is 4.27. The summed E-state index contributed by atoms with van der Waals surface area (Å²) in [5.41, 5.74) is 2.46. The first-order valence-electron chi connectivity index (χ1n) is 10.0. The van der Waals surface area contributed by atoms with E-state index in [1.807, 2.05) is 77.4 Å². The molecule has 0 aliphatic heterocycles. The van der Waals surface area contributed by atoms with Gasteiger partial charge in [0.2, 0.25) is 5.91 Å². The Hall–Kier alpha value is -3.30. The Balaban J connectivity index is 1.62. The Morgan fingerprint density at radius 1 is 0.939 bits per heavy atom. The lowest BCUT2D eigenvalue weighted by atomic mass is 10.2. The van der Waals surface area contributed by atoms with E-state index in [4.69, 9.17) is 9.47 Å². The summed E-state index contributed by atoms with van der Waals surface area (Å²) in [7, 11) is 3.25. The number of ether oxygens (including phenoxy) is 2. The van der Waals surface area contributed by atoms with Gasteiger partial charge in [0.25, 0.3) is 0 Å². The van der Waals surface area contributed by atoms with E-state index in [0.29, 0.717) is 11.0 Å². The van der Waals surface area contributed by atoms with Gasteiger partial charge in [-0.2, -0.15) is 0 Å². The topological polar surface area (TPSA) is 78.3 Å². The number of carbonyl (C=O) groups is 1. The van der Waals surface area contributed by atoms with Gasteiger partial charge in [-0.25, -0.2) is 0 Å². The summed E-state index contributed by atoms with van der Waals surface area (Å²) in [6.07, 6.45) is 0. The van der Waals surface area contributed by atoms with Gasteiger partial charge in [-0.1, -0.05) is 23.9 Å². The molecular formula is C24H21BrN4O3S. The Kier molecular flexibility index (Phi) is 7.31. The van der Waals surface area contributed by atoms with Crippen molar-refractivity contribution in [2.24, 2.45) is 0 Å². The zero-order valence-corrected chi connectivity index (χ0v) is 20.4. The van der Waals surface area contributed by atoms with Crippen molar-refractivity contribution in [3.8, 4) is 28.6 Å². The largest absolute Gasteiger partial charge is 0.497 e. The molecule has 168 valence electrons. The summed E-state index contributed by atoms with van der Waals surface area (Å²) in [6.45, 7) is 0. The number of thioether (sulfide) groups is 1. The number of nitrogens with one attached hydrogen (secondary N) is 1. The van der Waals surface area contributed by atoms with Gasteiger partial charge >= 0.3 is 0 Å². The summed E-state index contributed by atoms with van der Waals surface area (Å²) < 4.78 is 13.3. The highest BCUT2D eigenvalue weighted by Crippen LogP contribution is 2.30. The maximum Gasteiger partial charge on any atom is 0.234 e. The number of anilines is 1. The monoisotopic (exact) mass is 524 g/mol. The van der Waals surface area contributed by atoms with Crippen molar-refractivity contribution in [2.75, 3.05) is 25.3 Å². The standard InChI is InChI=1S/C24H21BrN4O3S/c1-31-18-11-7-16(8-12-18)23-27-28-24(29(23)17-9-13-19(32-2)14-10-17)33-15-22(30)26-21-6-4-3-5-20(21)25/h3-14H,15H2,1-2H3,(H,26,30). The summed E-state index contributed by atoms with van der Waals surface area (Å²) in [5, 5.41) is 12.3. The van der Waals surface area contributed by atoms with Crippen LogP contribution in [-0.4, -0.2) is 40.6 Å². The number of aromatic nitrogens is 3. The number of carbonyl (C=O) groups excluding carboxylic acids is 1. The second-order valence-corrected chi connectivity index (χ2v) is 8.68. The van der Waals surface area contributed by atoms with Crippen molar-refractivity contribution in [3.63, 3.8) is 0 Å². The molecule has 7 nitrogen and oxygen atoms in total. The van der Waals surface area contributed by atoms with Crippen molar-refractivity contribution in [1.29, 1.82) is 0 Å². The van der Waals surface area contributed by atoms with Crippen LogP contribution in [0.3, 0.4) is 0 Å². The molecule has 0 atom stereocenters. The van der Waals surface area contributed by atoms with Gasteiger partial charge in [0, 0.05) is 15.7 Å². The number of nitrogens with zero attached hydrogens (tertiary/aromatic N) is 3. The van der Waals surface area contributed by atoms with Crippen LogP contribution < -0.4 is 14.8 Å². The quantitative estimate of drug-likeness (QED) is 0.309. The third-order valence-corrected chi connectivity index (χ3v) is 6.41. The van der Waals surface area contributed by atoms with Crippen molar-refractivity contribution in [2.45, 2.75) is 5.16 Å². The molecule has 0 bridgehead atoms. The summed E-state index contributed by atoms with van der Waals surface area (Å²) in [4.78, 5) is 12.6. The average Bonchev–Trinajstić information content (AvgIpc) is 3.28. The number of methoxy groups -OCH3 is 2. The molecule has 0 fully saturated rings. The minimum atomic E-state index is -0.137. The number of rotatable bonds is 8. The molecule has 1 amide bonds. The van der Waals surface area contributed by atoms with Gasteiger partial charge in [-0.15, -0.1) is 10.2 Å². The number of amides is 1. The van der Waals surface area contributed by atoms with Gasteiger partial charge in [-0.3, -0.25) is 9.36 Å². The van der Waals surface area contributed by atoms with E-state index < -0.39 is 0 Å². The minimum absolute atomic E-state index is 0.137. The van der Waals surface area contributed by atoms with Crippen LogP contribution in [0.1, 0.15) is 0 Å². The number of halogens is 1. The lowest BCUT2D eigenvalue weighted by Gasteiger charge is -2.12. The summed E-state index contributed by atoms with van der Waals surface area (Å²) >= 11 is 4.76. The van der Waals surface area contributed by atoms with E-state index >= 15 is 0 Å². The van der Waals surface area contributed by atoms with Crippen molar-refractivity contribution in [3.05, 3.63) is 77.3 Å². The Morgan fingerprint density at radius 2 is 1.58 bits per heavy atom. The van der Waals surface area contributed by atoms with Crippen LogP contribution in [0.15, 0.2) is 82.4 Å². The van der Waals surface area contributed by atoms with Gasteiger partial charge in [0.05, 0.1) is 25.7 Å². The SMILES string of the molecule is COc1ccc(-c2nnc(SCC(=O)Nc3ccccc3Br)n2-c2ccc(OC)cc2)cc1. The number of benzene rings is 3. The zero-order valence-electron chi connectivity index (χ0n) is 18.0. The molecule has 0 aliphatic carbocycles. The molecule has 4 rings (SSSR count). The lowest BCUT2D eigenvalue weighted by molar-refractivity contribution is -0.113. The van der Waals surface area contributed by atoms with E-state index in [9.17, 15) is 4.79 Å². The molecule has 1 aromatic heterocycles. The summed E-state index contributed by atoms with van der Waals surface area (Å²) in [5.74, 6) is 2.21. The maximum atomic E-state index is 12.6. The van der Waals surface area contributed by atoms with E-state index in [2.05, 4.69) is 31.4 Å². The minimum Gasteiger partial charge on any atom is -0.497 e. The predicted molar refractivity (Wildman–Crippen MR) is 133 cm³/mol. The molecule has 0 radical (unpaired) electrons. The van der Waals surface area contributed by atoms with Gasteiger partial charge in [0.1, 0.15) is 11.5 Å². The van der Waals surface area contributed by atoms with Gasteiger partial charge in [-0.05, 0) is 76.6 Å². The summed E-state index contributed by atoms with van der Waals surface area (Å²) in [6, 6.07) is 22.7. The third-order valence-electron chi connectivity index (χ3n) is 4.79. The fraction of sp³-hybridized carbons (Fsp3) is 0.125. The first-order valence-corrected chi connectivity index (χ1v) is 11.8. The Morgan fingerprint density at radius 3 is 2.21 bits per heavy atom. The smallest absolute Gasteiger partial charge is 0.234 e. The zero-order chi connectivity index (χ0) is 23.2. The average molecular weight is 525 g/mol. The molecule has 9 heteroatoms. The van der Waals surface area contributed by atoms with Crippen LogP contribution >= 0.6 is 27.7 Å². The highest BCUT2D eigenvalue weighted by molar-refractivity contribution is 9.10. The van der Waals surface area contributed by atoms with Gasteiger partial charge in [0.15, 0.2) is 11.0 Å². The van der Waals surface area contributed by atoms with Crippen LogP contribution in [-0.2, 0) is 4.79 Å². The van der Waals surface area contributed by atoms with Crippen LogP contribution in [0.2, 0.25) is 0 Å². The normalized spacial score (nSPS) is 10.6. The lowest BCUT2D eigenvalue weighted by Crippen LogP contribution is -2.15. The number of hydrogen-bond acceptors (Lipinski definition) is 6. The second-order valence-electron chi connectivity index (χ2n) is 6.88. The van der Waals surface area contributed by atoms with Crippen LogP contribution in [0.4, 0.5) is 5.69 Å². The molecule has 0 unspecified atom stereocenters. The Bertz CT molecular complexity index is 1240. The highest BCUT2D eigenvalue weighted by Gasteiger charge is 2.18. The molecule has 4 aromatic rings. The van der Waals surface area contributed by atoms with E-state index in [-0.39, 0.29) is 11.7 Å². The van der Waals surface area contributed by atoms with Crippen molar-refractivity contribution < 1.29 is 14.3 Å². The molecule has 0 spiro atoms. The molecular weight excluding hydrogens is 504 g/mol. The first-order chi connectivity index (χ1) is 16.1. The van der Waals surface area contributed by atoms with Crippen molar-refractivity contribution in [1.82, 2.24) is 14.8 Å². The predicted octanol–water partition coefficient (Wildman–Crippen LogP) is 5.44. The molecule has 1 N–H and O–H groups in total. The molecule has 0 saturated carbocycles. The van der Waals surface area contributed by atoms with Crippen LogP contribution in [0.5, 0.6) is 11.5 Å². The second kappa shape index (κ2) is 10.5. The van der Waals surface area contributed by atoms with E-state index in [0.717, 1.165) is 32.9 Å². The van der Waals surface area contributed by atoms with Crippen molar-refractivity contribution >= 4 is 39.3 Å². The molecule has 0 saturated heterocycles. The highest BCUT2D eigenvalue weighted by atomic mass is 79.9. The van der Waals surface area contributed by atoms with Gasteiger partial charge < -0.3 is 14.8 Å². The third kappa shape index (κ3) is 5.37. The molecule has 33 heavy (non-hydrogen) atoms. The fourth-order valence-electron chi connectivity index (χ4n) is 3.13. The molecule has 3 aromatic carbocycles. The Labute approximate surface area is 204 Å². The number of hydrogen-bond donors (Lipinski definition) is 1. The molecule has 1 heterocycles. The van der Waals surface area contributed by atoms with E-state index in [1.54, 1.807) is 14.2 Å². The van der Waals surface area contributed by atoms with Crippen LogP contribution in [0.25, 0.3) is 17.1 Å².